The molecule has 0 bridgehead atoms. The van der Waals surface area contributed by atoms with Crippen molar-refractivity contribution in [3.63, 3.8) is 0 Å². The Hall–Kier alpha value is -2.47. The van der Waals surface area contributed by atoms with E-state index >= 15 is 0 Å². The first-order chi connectivity index (χ1) is 12.9. The van der Waals surface area contributed by atoms with Crippen LogP contribution in [0.1, 0.15) is 35.6 Å². The molecule has 1 saturated heterocycles. The Kier molecular flexibility index (Phi) is 6.06. The maximum absolute atomic E-state index is 12.5. The number of furan rings is 1. The van der Waals surface area contributed by atoms with Gasteiger partial charge in [0.25, 0.3) is 0 Å². The minimum atomic E-state index is -0.0991. The number of rotatable bonds is 5. The van der Waals surface area contributed by atoms with Crippen LogP contribution in [0.2, 0.25) is 0 Å². The molecule has 6 nitrogen and oxygen atoms in total. The quantitative estimate of drug-likeness (QED) is 0.872. The van der Waals surface area contributed by atoms with Gasteiger partial charge in [0.05, 0.1) is 19.3 Å². The van der Waals surface area contributed by atoms with Gasteiger partial charge in [-0.1, -0.05) is 12.1 Å². The van der Waals surface area contributed by atoms with E-state index in [1.54, 1.807) is 4.90 Å². The number of carbonyl (C=O) groups excluding carboxylic acids is 1. The summed E-state index contributed by atoms with van der Waals surface area (Å²) in [5.41, 5.74) is 3.32. The largest absolute Gasteiger partial charge is 0.466 e. The van der Waals surface area contributed by atoms with E-state index in [-0.39, 0.29) is 12.1 Å². The number of benzene rings is 1. The van der Waals surface area contributed by atoms with E-state index < -0.39 is 0 Å². The van der Waals surface area contributed by atoms with Crippen molar-refractivity contribution in [1.29, 1.82) is 0 Å². The van der Waals surface area contributed by atoms with Crippen LogP contribution in [0.4, 0.5) is 10.5 Å². The molecule has 1 unspecified atom stereocenters. The van der Waals surface area contributed by atoms with Gasteiger partial charge >= 0.3 is 6.03 Å². The number of morpholine rings is 1. The standard InChI is InChI=1S/C21H29N3O3/c1-15-13-20(17(3)27-15)16(2)22-21(25)23(4)14-18-5-7-19(8-6-18)24-9-11-26-12-10-24/h5-8,13,16H,9-12,14H2,1-4H3,(H,22,25). The van der Waals surface area contributed by atoms with Crippen LogP contribution in [-0.4, -0.2) is 44.3 Å². The van der Waals surface area contributed by atoms with Gasteiger partial charge in [0.1, 0.15) is 11.5 Å². The second-order valence-corrected chi connectivity index (χ2v) is 7.16. The highest BCUT2D eigenvalue weighted by Gasteiger charge is 2.17. The molecule has 1 N–H and O–H groups in total. The third kappa shape index (κ3) is 4.83. The Morgan fingerprint density at radius 2 is 1.89 bits per heavy atom. The van der Waals surface area contributed by atoms with Crippen LogP contribution < -0.4 is 10.2 Å². The lowest BCUT2D eigenvalue weighted by Crippen LogP contribution is -2.38. The topological polar surface area (TPSA) is 58.0 Å². The molecule has 6 heteroatoms. The van der Waals surface area contributed by atoms with E-state index in [0.717, 1.165) is 49.0 Å². The molecule has 2 aromatic rings. The maximum atomic E-state index is 12.5. The highest BCUT2D eigenvalue weighted by Crippen LogP contribution is 2.22. The average Bonchev–Trinajstić information content (AvgIpc) is 3.01. The molecule has 3 rings (SSSR count). The fourth-order valence-electron chi connectivity index (χ4n) is 3.43. The third-order valence-corrected chi connectivity index (χ3v) is 4.96. The fourth-order valence-corrected chi connectivity index (χ4v) is 3.43. The summed E-state index contributed by atoms with van der Waals surface area (Å²) in [7, 11) is 1.81. The lowest BCUT2D eigenvalue weighted by atomic mass is 10.1. The Morgan fingerprint density at radius 1 is 1.22 bits per heavy atom. The molecule has 0 spiro atoms. The Morgan fingerprint density at radius 3 is 2.48 bits per heavy atom. The van der Waals surface area contributed by atoms with Crippen LogP contribution in [0.25, 0.3) is 0 Å². The molecule has 1 fully saturated rings. The van der Waals surface area contributed by atoms with Gasteiger partial charge in [-0.25, -0.2) is 4.79 Å². The van der Waals surface area contributed by atoms with Crippen LogP contribution in [0.15, 0.2) is 34.7 Å². The SMILES string of the molecule is Cc1cc(C(C)NC(=O)N(C)Cc2ccc(N3CCOCC3)cc2)c(C)o1. The Bertz CT molecular complexity index is 763. The fraction of sp³-hybridized carbons (Fsp3) is 0.476. The predicted octanol–water partition coefficient (Wildman–Crippen LogP) is 3.64. The van der Waals surface area contributed by atoms with Crippen molar-refractivity contribution in [2.24, 2.45) is 0 Å². The molecule has 2 heterocycles. The van der Waals surface area contributed by atoms with Crippen LogP contribution in [0.5, 0.6) is 0 Å². The number of aryl methyl sites for hydroxylation is 2. The van der Waals surface area contributed by atoms with Crippen molar-refractivity contribution in [2.45, 2.75) is 33.4 Å². The van der Waals surface area contributed by atoms with Gasteiger partial charge in [-0.05, 0) is 44.5 Å². The molecule has 146 valence electrons. The van der Waals surface area contributed by atoms with Crippen molar-refractivity contribution in [1.82, 2.24) is 10.2 Å². The molecule has 1 aliphatic heterocycles. The molecular formula is C21H29N3O3. The van der Waals surface area contributed by atoms with E-state index in [1.165, 1.54) is 5.69 Å². The first kappa shape index (κ1) is 19.3. The van der Waals surface area contributed by atoms with Gasteiger partial charge < -0.3 is 24.3 Å². The number of anilines is 1. The molecule has 27 heavy (non-hydrogen) atoms. The van der Waals surface area contributed by atoms with Crippen molar-refractivity contribution in [3.05, 3.63) is 53.0 Å². The number of amides is 2. The number of nitrogens with zero attached hydrogens (tertiary/aromatic N) is 2. The number of ether oxygens (including phenoxy) is 1. The summed E-state index contributed by atoms with van der Waals surface area (Å²) in [5.74, 6) is 1.71. The molecule has 1 aromatic heterocycles. The zero-order valence-electron chi connectivity index (χ0n) is 16.6. The summed E-state index contributed by atoms with van der Waals surface area (Å²) < 4.78 is 11.0. The smallest absolute Gasteiger partial charge is 0.317 e. The summed E-state index contributed by atoms with van der Waals surface area (Å²) in [6.07, 6.45) is 0. The Labute approximate surface area is 161 Å². The summed E-state index contributed by atoms with van der Waals surface area (Å²) in [4.78, 5) is 16.5. The maximum Gasteiger partial charge on any atom is 0.317 e. The zero-order chi connectivity index (χ0) is 19.4. The predicted molar refractivity (Wildman–Crippen MR) is 106 cm³/mol. The minimum absolute atomic E-state index is 0.0962. The highest BCUT2D eigenvalue weighted by atomic mass is 16.5. The number of hydrogen-bond acceptors (Lipinski definition) is 4. The first-order valence-corrected chi connectivity index (χ1v) is 9.44. The van der Waals surface area contributed by atoms with Crippen LogP contribution in [0.3, 0.4) is 0 Å². The summed E-state index contributed by atoms with van der Waals surface area (Å²) in [6.45, 7) is 9.77. The zero-order valence-corrected chi connectivity index (χ0v) is 16.6. The van der Waals surface area contributed by atoms with E-state index in [0.29, 0.717) is 6.54 Å². The Balaban J connectivity index is 1.55. The third-order valence-electron chi connectivity index (χ3n) is 4.96. The molecule has 1 atom stereocenters. The highest BCUT2D eigenvalue weighted by molar-refractivity contribution is 5.74. The van der Waals surface area contributed by atoms with Crippen molar-refractivity contribution >= 4 is 11.7 Å². The van der Waals surface area contributed by atoms with E-state index in [4.69, 9.17) is 9.15 Å². The summed E-state index contributed by atoms with van der Waals surface area (Å²) in [5, 5.41) is 3.04. The normalized spacial score (nSPS) is 15.5. The molecular weight excluding hydrogens is 342 g/mol. The monoisotopic (exact) mass is 371 g/mol. The van der Waals surface area contributed by atoms with Gasteiger partial charge in [-0.3, -0.25) is 0 Å². The average molecular weight is 371 g/mol. The van der Waals surface area contributed by atoms with Crippen LogP contribution in [-0.2, 0) is 11.3 Å². The molecule has 0 aliphatic carbocycles. The van der Waals surface area contributed by atoms with E-state index in [1.807, 2.05) is 33.9 Å². The number of carbonyl (C=O) groups is 1. The lowest BCUT2D eigenvalue weighted by Gasteiger charge is -2.29. The second-order valence-electron chi connectivity index (χ2n) is 7.16. The number of nitrogens with one attached hydrogen (secondary N) is 1. The van der Waals surface area contributed by atoms with Crippen LogP contribution >= 0.6 is 0 Å². The van der Waals surface area contributed by atoms with E-state index in [2.05, 4.69) is 34.5 Å². The molecule has 0 saturated carbocycles. The van der Waals surface area contributed by atoms with Crippen molar-refractivity contribution in [3.8, 4) is 0 Å². The van der Waals surface area contributed by atoms with Gasteiger partial charge in [-0.15, -0.1) is 0 Å². The van der Waals surface area contributed by atoms with Crippen LogP contribution in [0, 0.1) is 13.8 Å². The molecule has 1 aromatic carbocycles. The van der Waals surface area contributed by atoms with Crippen molar-refractivity contribution in [2.75, 3.05) is 38.3 Å². The van der Waals surface area contributed by atoms with Gasteiger partial charge in [0, 0.05) is 37.9 Å². The summed E-state index contributed by atoms with van der Waals surface area (Å²) in [6, 6.07) is 10.2. The van der Waals surface area contributed by atoms with Gasteiger partial charge in [0.2, 0.25) is 0 Å². The number of urea groups is 1. The summed E-state index contributed by atoms with van der Waals surface area (Å²) >= 11 is 0. The van der Waals surface area contributed by atoms with E-state index in [9.17, 15) is 4.79 Å². The van der Waals surface area contributed by atoms with Gasteiger partial charge in [-0.2, -0.15) is 0 Å². The second kappa shape index (κ2) is 8.48. The lowest BCUT2D eigenvalue weighted by molar-refractivity contribution is 0.122. The molecule has 2 amide bonds. The number of hydrogen-bond donors (Lipinski definition) is 1. The van der Waals surface area contributed by atoms with Gasteiger partial charge in [0.15, 0.2) is 0 Å². The molecule has 1 aliphatic rings. The first-order valence-electron chi connectivity index (χ1n) is 9.44. The minimum Gasteiger partial charge on any atom is -0.466 e. The van der Waals surface area contributed by atoms with Crippen molar-refractivity contribution < 1.29 is 13.9 Å². The molecule has 0 radical (unpaired) electrons.